The van der Waals surface area contributed by atoms with Crippen molar-refractivity contribution in [2.45, 2.75) is 19.1 Å². The van der Waals surface area contributed by atoms with E-state index in [1.807, 2.05) is 28.8 Å². The van der Waals surface area contributed by atoms with Crippen LogP contribution in [0.2, 0.25) is 5.02 Å². The fourth-order valence-electron chi connectivity index (χ4n) is 2.39. The highest BCUT2D eigenvalue weighted by atomic mass is 35.5. The molecule has 0 radical (unpaired) electrons. The zero-order valence-electron chi connectivity index (χ0n) is 11.2. The lowest BCUT2D eigenvalue weighted by molar-refractivity contribution is 0.155. The highest BCUT2D eigenvalue weighted by Gasteiger charge is 2.10. The number of fused-ring (bicyclic) bond motifs is 1. The highest BCUT2D eigenvalue weighted by molar-refractivity contribution is 6.30. The summed E-state index contributed by atoms with van der Waals surface area (Å²) in [6.07, 6.45) is 1.53. The van der Waals surface area contributed by atoms with E-state index in [1.165, 1.54) is 6.07 Å². The van der Waals surface area contributed by atoms with Crippen LogP contribution < -0.4 is 0 Å². The Labute approximate surface area is 126 Å². The SMILES string of the molecule is OC(Cc1ccc(F)c(Cl)c1)Cn1cnc2ccccc21. The van der Waals surface area contributed by atoms with Gasteiger partial charge in [-0.15, -0.1) is 0 Å². The minimum absolute atomic E-state index is 0.0766. The third-order valence-corrected chi connectivity index (χ3v) is 3.68. The molecule has 3 aromatic rings. The van der Waals surface area contributed by atoms with E-state index in [2.05, 4.69) is 4.98 Å². The van der Waals surface area contributed by atoms with Gasteiger partial charge in [0.15, 0.2) is 0 Å². The van der Waals surface area contributed by atoms with Crippen LogP contribution in [-0.2, 0) is 13.0 Å². The average Bonchev–Trinajstić information content (AvgIpc) is 2.86. The van der Waals surface area contributed by atoms with Gasteiger partial charge in [0.05, 0.1) is 35.0 Å². The van der Waals surface area contributed by atoms with Crippen LogP contribution >= 0.6 is 11.6 Å². The van der Waals surface area contributed by atoms with Crippen LogP contribution in [0.3, 0.4) is 0 Å². The van der Waals surface area contributed by atoms with Crippen molar-refractivity contribution in [3.63, 3.8) is 0 Å². The maximum atomic E-state index is 13.1. The Kier molecular flexibility index (Phi) is 3.90. The summed E-state index contributed by atoms with van der Waals surface area (Å²) in [5, 5.41) is 10.3. The molecule has 5 heteroatoms. The van der Waals surface area contributed by atoms with Crippen molar-refractivity contribution >= 4 is 22.6 Å². The van der Waals surface area contributed by atoms with Gasteiger partial charge in [-0.3, -0.25) is 0 Å². The van der Waals surface area contributed by atoms with E-state index in [-0.39, 0.29) is 5.02 Å². The Balaban J connectivity index is 1.74. The lowest BCUT2D eigenvalue weighted by Gasteiger charge is -2.12. The molecule has 1 atom stereocenters. The molecule has 2 aromatic carbocycles. The Morgan fingerprint density at radius 2 is 2.05 bits per heavy atom. The molecule has 3 nitrogen and oxygen atoms in total. The third-order valence-electron chi connectivity index (χ3n) is 3.39. The number of aliphatic hydroxyl groups excluding tert-OH is 1. The molecule has 0 amide bonds. The van der Waals surface area contributed by atoms with Crippen molar-refractivity contribution in [2.24, 2.45) is 0 Å². The van der Waals surface area contributed by atoms with E-state index in [9.17, 15) is 9.50 Å². The summed E-state index contributed by atoms with van der Waals surface area (Å²) in [6.45, 7) is 0.426. The molecule has 0 aliphatic rings. The summed E-state index contributed by atoms with van der Waals surface area (Å²) in [4.78, 5) is 4.29. The number of aliphatic hydroxyl groups is 1. The van der Waals surface area contributed by atoms with Gasteiger partial charge in [-0.2, -0.15) is 0 Å². The molecule has 0 spiro atoms. The first-order valence-electron chi connectivity index (χ1n) is 6.65. The predicted molar refractivity (Wildman–Crippen MR) is 80.9 cm³/mol. The molecule has 1 heterocycles. The molecule has 108 valence electrons. The van der Waals surface area contributed by atoms with E-state index in [1.54, 1.807) is 18.5 Å². The van der Waals surface area contributed by atoms with E-state index in [0.29, 0.717) is 13.0 Å². The van der Waals surface area contributed by atoms with Crippen molar-refractivity contribution in [1.29, 1.82) is 0 Å². The molecule has 3 rings (SSSR count). The normalized spacial score (nSPS) is 12.7. The molecule has 0 saturated carbocycles. The van der Waals surface area contributed by atoms with Gasteiger partial charge in [-0.25, -0.2) is 9.37 Å². The van der Waals surface area contributed by atoms with Gasteiger partial charge in [0.25, 0.3) is 0 Å². The van der Waals surface area contributed by atoms with Crippen LogP contribution in [0.1, 0.15) is 5.56 Å². The second kappa shape index (κ2) is 5.84. The molecular weight excluding hydrogens is 291 g/mol. The number of hydrogen-bond acceptors (Lipinski definition) is 2. The average molecular weight is 305 g/mol. The smallest absolute Gasteiger partial charge is 0.141 e. The van der Waals surface area contributed by atoms with Gasteiger partial charge < -0.3 is 9.67 Å². The summed E-state index contributed by atoms with van der Waals surface area (Å²) in [5.74, 6) is -0.449. The van der Waals surface area contributed by atoms with Gasteiger partial charge in [-0.05, 0) is 29.8 Å². The van der Waals surface area contributed by atoms with Crippen molar-refractivity contribution in [3.05, 3.63) is 65.2 Å². The molecule has 0 bridgehead atoms. The quantitative estimate of drug-likeness (QED) is 0.802. The molecular formula is C16H14ClFN2O. The maximum Gasteiger partial charge on any atom is 0.141 e. The number of aromatic nitrogens is 2. The van der Waals surface area contributed by atoms with Crippen molar-refractivity contribution in [2.75, 3.05) is 0 Å². The summed E-state index contributed by atoms with van der Waals surface area (Å²) in [5.41, 5.74) is 2.68. The van der Waals surface area contributed by atoms with Crippen LogP contribution in [0, 0.1) is 5.82 Å². The Bertz CT molecular complexity index is 772. The Morgan fingerprint density at radius 1 is 1.24 bits per heavy atom. The Hall–Kier alpha value is -1.91. The first-order chi connectivity index (χ1) is 10.1. The molecule has 1 unspecified atom stereocenters. The highest BCUT2D eigenvalue weighted by Crippen LogP contribution is 2.18. The predicted octanol–water partition coefficient (Wildman–Crippen LogP) is 3.43. The number of para-hydroxylation sites is 2. The second-order valence-corrected chi connectivity index (χ2v) is 5.40. The number of nitrogens with zero attached hydrogens (tertiary/aromatic N) is 2. The first kappa shape index (κ1) is 14.0. The lowest BCUT2D eigenvalue weighted by Crippen LogP contribution is -2.18. The van der Waals surface area contributed by atoms with E-state index >= 15 is 0 Å². The van der Waals surface area contributed by atoms with Gasteiger partial charge >= 0.3 is 0 Å². The van der Waals surface area contributed by atoms with E-state index in [0.717, 1.165) is 16.6 Å². The fraction of sp³-hybridized carbons (Fsp3) is 0.188. The summed E-state index contributed by atoms with van der Waals surface area (Å²) < 4.78 is 15.0. The van der Waals surface area contributed by atoms with E-state index in [4.69, 9.17) is 11.6 Å². The summed E-state index contributed by atoms with van der Waals surface area (Å²) in [7, 11) is 0. The van der Waals surface area contributed by atoms with Gasteiger partial charge in [0, 0.05) is 6.42 Å². The van der Waals surface area contributed by atoms with Crippen LogP contribution in [0.25, 0.3) is 11.0 Å². The first-order valence-corrected chi connectivity index (χ1v) is 7.03. The maximum absolute atomic E-state index is 13.1. The van der Waals surface area contributed by atoms with Crippen LogP contribution in [0.5, 0.6) is 0 Å². The fourth-order valence-corrected chi connectivity index (χ4v) is 2.59. The minimum atomic E-state index is -0.593. The molecule has 1 aromatic heterocycles. The monoisotopic (exact) mass is 304 g/mol. The van der Waals surface area contributed by atoms with Crippen molar-refractivity contribution < 1.29 is 9.50 Å². The number of halogens is 2. The standard InChI is InChI=1S/C16H14ClFN2O/c17-13-8-11(5-6-14(13)18)7-12(21)9-20-10-19-15-3-1-2-4-16(15)20/h1-6,8,10,12,21H,7,9H2. The molecule has 0 fully saturated rings. The second-order valence-electron chi connectivity index (χ2n) is 4.99. The molecule has 1 N–H and O–H groups in total. The molecule has 0 saturated heterocycles. The van der Waals surface area contributed by atoms with Gasteiger partial charge in [-0.1, -0.05) is 29.8 Å². The van der Waals surface area contributed by atoms with Crippen LogP contribution in [0.15, 0.2) is 48.8 Å². The zero-order chi connectivity index (χ0) is 14.8. The number of hydrogen-bond donors (Lipinski definition) is 1. The summed E-state index contributed by atoms with van der Waals surface area (Å²) in [6, 6.07) is 12.3. The molecule has 0 aliphatic heterocycles. The minimum Gasteiger partial charge on any atom is -0.391 e. The Morgan fingerprint density at radius 3 is 2.86 bits per heavy atom. The molecule has 21 heavy (non-hydrogen) atoms. The lowest BCUT2D eigenvalue weighted by atomic mass is 10.1. The van der Waals surface area contributed by atoms with E-state index < -0.39 is 11.9 Å². The van der Waals surface area contributed by atoms with Crippen LogP contribution in [-0.4, -0.2) is 20.8 Å². The largest absolute Gasteiger partial charge is 0.391 e. The number of imidazole rings is 1. The molecule has 0 aliphatic carbocycles. The number of benzene rings is 2. The van der Waals surface area contributed by atoms with Crippen molar-refractivity contribution in [1.82, 2.24) is 9.55 Å². The van der Waals surface area contributed by atoms with Gasteiger partial charge in [0.2, 0.25) is 0 Å². The van der Waals surface area contributed by atoms with Crippen LogP contribution in [0.4, 0.5) is 4.39 Å². The topological polar surface area (TPSA) is 38.0 Å². The third kappa shape index (κ3) is 3.06. The zero-order valence-corrected chi connectivity index (χ0v) is 12.0. The number of rotatable bonds is 4. The van der Waals surface area contributed by atoms with Gasteiger partial charge in [0.1, 0.15) is 5.82 Å². The van der Waals surface area contributed by atoms with Crippen molar-refractivity contribution in [3.8, 4) is 0 Å². The summed E-state index contributed by atoms with van der Waals surface area (Å²) >= 11 is 5.75.